The topological polar surface area (TPSA) is 9.23 Å². The molecule has 34 heavy (non-hydrogen) atoms. The van der Waals surface area contributed by atoms with Gasteiger partial charge in [0.15, 0.2) is 0 Å². The summed E-state index contributed by atoms with van der Waals surface area (Å²) in [5.74, 6) is -1.59. The predicted octanol–water partition coefficient (Wildman–Crippen LogP) is 7.98. The SMILES string of the molecule is [B]=COc1ccc(-c2ccc(-c3ccc(C4CCC(CCC=C)CC4)c(F)c3)cc2)c(F)c1F. The summed E-state index contributed by atoms with van der Waals surface area (Å²) in [6.45, 7) is 3.80. The predicted molar refractivity (Wildman–Crippen MR) is 134 cm³/mol. The van der Waals surface area contributed by atoms with Gasteiger partial charge < -0.3 is 0 Å². The normalized spacial score (nSPS) is 17.8. The monoisotopic (exact) mass is 459 g/mol. The minimum absolute atomic E-state index is 0.110. The van der Waals surface area contributed by atoms with Crippen LogP contribution >= 0.6 is 0 Å². The van der Waals surface area contributed by atoms with Crippen LogP contribution in [0.5, 0.6) is 5.75 Å². The summed E-state index contributed by atoms with van der Waals surface area (Å²) in [5.41, 5.74) is 2.96. The summed E-state index contributed by atoms with van der Waals surface area (Å²) in [5, 5.41) is 0. The van der Waals surface area contributed by atoms with E-state index >= 15 is 4.39 Å². The van der Waals surface area contributed by atoms with Gasteiger partial charge in [0.05, 0.1) is 0 Å². The van der Waals surface area contributed by atoms with E-state index in [1.54, 1.807) is 30.3 Å². The van der Waals surface area contributed by atoms with Crippen LogP contribution in [0, 0.1) is 23.4 Å². The Hall–Kier alpha value is -3.08. The molecule has 1 aliphatic rings. The first kappa shape index (κ1) is 24.1. The van der Waals surface area contributed by atoms with Gasteiger partial charge in [0, 0.05) is 0 Å². The molecule has 0 bridgehead atoms. The van der Waals surface area contributed by atoms with E-state index in [4.69, 9.17) is 12.2 Å². The second kappa shape index (κ2) is 10.9. The van der Waals surface area contributed by atoms with Crippen LogP contribution in [0.3, 0.4) is 0 Å². The Kier molecular flexibility index (Phi) is 7.71. The van der Waals surface area contributed by atoms with Gasteiger partial charge in [-0.15, -0.1) is 6.58 Å². The van der Waals surface area contributed by atoms with E-state index in [0.717, 1.165) is 60.9 Å². The van der Waals surface area contributed by atoms with Crippen molar-refractivity contribution < 1.29 is 17.9 Å². The average molecular weight is 459 g/mol. The van der Waals surface area contributed by atoms with Crippen molar-refractivity contribution in [2.24, 2.45) is 5.92 Å². The second-order valence-electron chi connectivity index (χ2n) is 8.89. The van der Waals surface area contributed by atoms with Crippen LogP contribution in [0.1, 0.15) is 50.0 Å². The second-order valence-corrected chi connectivity index (χ2v) is 8.89. The summed E-state index contributed by atoms with van der Waals surface area (Å²) in [6, 6.07) is 15.1. The van der Waals surface area contributed by atoms with Crippen molar-refractivity contribution in [3.63, 3.8) is 0 Å². The van der Waals surface area contributed by atoms with Crippen molar-refractivity contribution in [2.75, 3.05) is 0 Å². The molecule has 173 valence electrons. The molecule has 4 rings (SSSR count). The summed E-state index contributed by atoms with van der Waals surface area (Å²) in [6.07, 6.45) is 9.29. The molecule has 0 saturated heterocycles. The van der Waals surface area contributed by atoms with Gasteiger partial charge in [-0.3, -0.25) is 0 Å². The van der Waals surface area contributed by atoms with E-state index in [0.29, 0.717) is 5.56 Å². The van der Waals surface area contributed by atoms with Crippen LogP contribution in [-0.4, -0.2) is 13.6 Å². The number of rotatable bonds is 8. The summed E-state index contributed by atoms with van der Waals surface area (Å²) < 4.78 is 48.5. The molecule has 0 spiro atoms. The molecule has 0 N–H and O–H groups in total. The third-order valence-corrected chi connectivity index (χ3v) is 6.84. The van der Waals surface area contributed by atoms with Gasteiger partial charge in [-0.2, -0.15) is 0 Å². The molecule has 1 aliphatic carbocycles. The van der Waals surface area contributed by atoms with Crippen LogP contribution in [0.25, 0.3) is 22.3 Å². The zero-order chi connectivity index (χ0) is 24.1. The fourth-order valence-corrected chi connectivity index (χ4v) is 4.91. The van der Waals surface area contributed by atoms with Gasteiger partial charge in [-0.25, -0.2) is 4.39 Å². The van der Waals surface area contributed by atoms with Crippen LogP contribution in [0.4, 0.5) is 13.2 Å². The summed E-state index contributed by atoms with van der Waals surface area (Å²) >= 11 is 0. The molecule has 1 radical (unpaired) electrons. The van der Waals surface area contributed by atoms with Gasteiger partial charge in [-0.05, 0) is 55.9 Å². The molecule has 3 aromatic rings. The first-order chi connectivity index (χ1) is 16.5. The van der Waals surface area contributed by atoms with Crippen LogP contribution in [0.2, 0.25) is 0 Å². The van der Waals surface area contributed by atoms with Crippen molar-refractivity contribution in [2.45, 2.75) is 44.4 Å². The summed E-state index contributed by atoms with van der Waals surface area (Å²) in [4.78, 5) is 0. The van der Waals surface area contributed by atoms with E-state index < -0.39 is 11.6 Å². The van der Waals surface area contributed by atoms with Gasteiger partial charge in [0.25, 0.3) is 0 Å². The van der Waals surface area contributed by atoms with Crippen LogP contribution in [0.15, 0.2) is 67.3 Å². The fraction of sp³-hybridized carbons (Fsp3) is 0.276. The van der Waals surface area contributed by atoms with Gasteiger partial charge in [-0.1, -0.05) is 12.1 Å². The third kappa shape index (κ3) is 5.19. The standard InChI is InChI=1S/C29H27BF3O/c1-2-3-4-19-5-7-21(8-6-19)24-14-13-23(17-26(24)31)20-9-11-22(12-10-20)25-15-16-27(34-18-30)29(33)28(25)32/h2,9-19,21H,1,3-8H2. The van der Waals surface area contributed by atoms with E-state index in [2.05, 4.69) is 6.58 Å². The van der Waals surface area contributed by atoms with Crippen molar-refractivity contribution in [3.8, 4) is 28.0 Å². The number of hydrogen-bond donors (Lipinski definition) is 0. The molecule has 1 nitrogen and oxygen atoms in total. The van der Waals surface area contributed by atoms with Gasteiger partial charge in [0.1, 0.15) is 5.82 Å². The van der Waals surface area contributed by atoms with Crippen LogP contribution in [-0.2, 0) is 0 Å². The van der Waals surface area contributed by atoms with Crippen molar-refractivity contribution >= 4 is 13.6 Å². The molecule has 5 heteroatoms. The molecule has 1 fully saturated rings. The Morgan fingerprint density at radius 2 is 1.53 bits per heavy atom. The van der Waals surface area contributed by atoms with Gasteiger partial charge in [0.2, 0.25) is 0 Å². The fourth-order valence-electron chi connectivity index (χ4n) is 4.91. The first-order valence-electron chi connectivity index (χ1n) is 11.7. The number of halogens is 3. The van der Waals surface area contributed by atoms with Crippen molar-refractivity contribution in [3.05, 3.63) is 90.3 Å². The molecule has 0 unspecified atom stereocenters. The quantitative estimate of drug-likeness (QED) is 0.245. The van der Waals surface area contributed by atoms with E-state index in [1.807, 2.05) is 18.2 Å². The average Bonchev–Trinajstić information content (AvgIpc) is 2.86. The third-order valence-electron chi connectivity index (χ3n) is 6.84. The number of ether oxygens (including phenoxy) is 1. The zero-order valence-electron chi connectivity index (χ0n) is 19.1. The molecule has 0 heterocycles. The molecule has 0 atom stereocenters. The van der Waals surface area contributed by atoms with E-state index in [-0.39, 0.29) is 23.0 Å². The molecule has 1 saturated carbocycles. The Bertz CT molecular complexity index is 1160. The maximum absolute atomic E-state index is 15.0. The number of benzene rings is 3. The number of allylic oxidation sites excluding steroid dienone is 1. The maximum atomic E-state index is 15.0. The molecule has 0 aliphatic heterocycles. The summed E-state index contributed by atoms with van der Waals surface area (Å²) in [7, 11) is 5.12. The van der Waals surface area contributed by atoms with Crippen molar-refractivity contribution in [1.29, 1.82) is 0 Å². The molecular formula is C29H27BF3O. The number of hydrogen-bond acceptors (Lipinski definition) is 1. The Morgan fingerprint density at radius 1 is 0.853 bits per heavy atom. The molecule has 0 amide bonds. The Morgan fingerprint density at radius 3 is 2.18 bits per heavy atom. The first-order valence-corrected chi connectivity index (χ1v) is 11.7. The van der Waals surface area contributed by atoms with Crippen LogP contribution < -0.4 is 4.74 Å². The van der Waals surface area contributed by atoms with E-state index in [9.17, 15) is 8.78 Å². The minimum atomic E-state index is -1.10. The van der Waals surface area contributed by atoms with E-state index in [1.165, 1.54) is 18.6 Å². The molecule has 3 aromatic carbocycles. The Labute approximate surface area is 200 Å². The Balaban J connectivity index is 1.49. The zero-order valence-corrected chi connectivity index (χ0v) is 19.1. The molecular weight excluding hydrogens is 432 g/mol. The van der Waals surface area contributed by atoms with Crippen molar-refractivity contribution in [1.82, 2.24) is 0 Å². The molecule has 0 aromatic heterocycles. The van der Waals surface area contributed by atoms with Gasteiger partial charge >= 0.3 is 115 Å².